The highest BCUT2D eigenvalue weighted by molar-refractivity contribution is 6.37. The minimum atomic E-state index is -2.74. The lowest BCUT2D eigenvalue weighted by Gasteiger charge is -2.05. The molecule has 1 heterocycles. The maximum absolute atomic E-state index is 13.6. The third kappa shape index (κ3) is 1.85. The zero-order chi connectivity index (χ0) is 13.5. The lowest BCUT2D eigenvalue weighted by Crippen LogP contribution is -1.90. The summed E-state index contributed by atoms with van der Waals surface area (Å²) in [7, 11) is -2.74. The smallest absolute Gasteiger partial charge is 0.165 e. The highest BCUT2D eigenvalue weighted by atomic mass is 35.5. The van der Waals surface area contributed by atoms with Crippen molar-refractivity contribution in [1.29, 1.82) is 0 Å². The average molecular weight is 249 g/mol. The van der Waals surface area contributed by atoms with E-state index in [1.54, 1.807) is 0 Å². The van der Waals surface area contributed by atoms with Gasteiger partial charge in [-0.05, 0) is 12.1 Å². The SMILES string of the molecule is [2H]C([2H])([2H])Oc1cc2nc(Cl)cc(Cl)c2cc1F. The molecule has 0 aliphatic rings. The number of aromatic nitrogens is 1. The lowest BCUT2D eigenvalue weighted by molar-refractivity contribution is 0.387. The maximum atomic E-state index is 13.6. The predicted molar refractivity (Wildman–Crippen MR) is 58.3 cm³/mol. The fourth-order valence-corrected chi connectivity index (χ4v) is 1.75. The first-order chi connectivity index (χ1) is 8.26. The van der Waals surface area contributed by atoms with Gasteiger partial charge < -0.3 is 4.74 Å². The van der Waals surface area contributed by atoms with E-state index < -0.39 is 18.6 Å². The molecule has 0 atom stereocenters. The molecule has 15 heavy (non-hydrogen) atoms. The van der Waals surface area contributed by atoms with Crippen LogP contribution in [0.15, 0.2) is 18.2 Å². The van der Waals surface area contributed by atoms with Crippen LogP contribution in [0.4, 0.5) is 4.39 Å². The van der Waals surface area contributed by atoms with Gasteiger partial charge in [0.25, 0.3) is 0 Å². The minimum absolute atomic E-state index is 0.124. The number of ether oxygens (including phenoxy) is 1. The molecule has 5 heteroatoms. The van der Waals surface area contributed by atoms with Crippen LogP contribution in [0, 0.1) is 5.82 Å². The summed E-state index contributed by atoms with van der Waals surface area (Å²) >= 11 is 11.6. The van der Waals surface area contributed by atoms with Crippen molar-refractivity contribution in [3.05, 3.63) is 34.2 Å². The minimum Gasteiger partial charge on any atom is -0.494 e. The number of pyridine rings is 1. The van der Waals surface area contributed by atoms with Gasteiger partial charge in [-0.2, -0.15) is 0 Å². The molecule has 0 aliphatic carbocycles. The average Bonchev–Trinajstić information content (AvgIpc) is 2.18. The van der Waals surface area contributed by atoms with Gasteiger partial charge in [0, 0.05) is 11.5 Å². The van der Waals surface area contributed by atoms with Crippen molar-refractivity contribution in [3.8, 4) is 5.75 Å². The maximum Gasteiger partial charge on any atom is 0.165 e. The van der Waals surface area contributed by atoms with E-state index in [0.29, 0.717) is 5.39 Å². The molecule has 0 N–H and O–H groups in total. The summed E-state index contributed by atoms with van der Waals surface area (Å²) in [6, 6.07) is 3.58. The van der Waals surface area contributed by atoms with Crippen molar-refractivity contribution >= 4 is 34.1 Å². The molecule has 1 aromatic carbocycles. The molecule has 2 rings (SSSR count). The summed E-state index contributed by atoms with van der Waals surface area (Å²) in [5.74, 6) is -1.25. The highest BCUT2D eigenvalue weighted by Crippen LogP contribution is 2.30. The van der Waals surface area contributed by atoms with Gasteiger partial charge in [0.1, 0.15) is 5.15 Å². The van der Waals surface area contributed by atoms with E-state index in [1.165, 1.54) is 6.07 Å². The third-order valence-corrected chi connectivity index (χ3v) is 2.40. The van der Waals surface area contributed by atoms with Crippen LogP contribution in [-0.2, 0) is 0 Å². The Hall–Kier alpha value is -1.06. The summed E-state index contributed by atoms with van der Waals surface area (Å²) in [5.41, 5.74) is 0.258. The van der Waals surface area contributed by atoms with Crippen LogP contribution in [-0.4, -0.2) is 12.0 Å². The summed E-state index contributed by atoms with van der Waals surface area (Å²) in [6.07, 6.45) is 0. The molecule has 0 radical (unpaired) electrons. The number of hydrogen-bond donors (Lipinski definition) is 0. The second kappa shape index (κ2) is 3.83. The number of halogens is 3. The molecule has 1 aromatic heterocycles. The van der Waals surface area contributed by atoms with Crippen molar-refractivity contribution in [3.63, 3.8) is 0 Å². The summed E-state index contributed by atoms with van der Waals surface area (Å²) < 4.78 is 38.9. The number of hydrogen-bond acceptors (Lipinski definition) is 2. The van der Waals surface area contributed by atoms with Gasteiger partial charge in [-0.1, -0.05) is 23.2 Å². The van der Waals surface area contributed by atoms with E-state index in [-0.39, 0.29) is 15.7 Å². The van der Waals surface area contributed by atoms with Gasteiger partial charge in [0.15, 0.2) is 11.6 Å². The van der Waals surface area contributed by atoms with Crippen LogP contribution in [0.5, 0.6) is 5.75 Å². The Morgan fingerprint density at radius 2 is 2.20 bits per heavy atom. The molecule has 0 amide bonds. The van der Waals surface area contributed by atoms with Gasteiger partial charge >= 0.3 is 0 Å². The molecular formula is C10H6Cl2FNO. The molecule has 2 aromatic rings. The largest absolute Gasteiger partial charge is 0.494 e. The second-order valence-electron chi connectivity index (χ2n) is 2.83. The van der Waals surface area contributed by atoms with Gasteiger partial charge in [0.2, 0.25) is 0 Å². The van der Waals surface area contributed by atoms with Crippen LogP contribution in [0.25, 0.3) is 10.9 Å². The second-order valence-corrected chi connectivity index (χ2v) is 3.62. The molecule has 78 valence electrons. The molecule has 0 fully saturated rings. The summed E-state index contributed by atoms with van der Waals surface area (Å²) in [5, 5.41) is 0.680. The van der Waals surface area contributed by atoms with Crippen LogP contribution < -0.4 is 4.74 Å². The Morgan fingerprint density at radius 1 is 1.40 bits per heavy atom. The normalized spacial score (nSPS) is 14.5. The molecule has 2 nitrogen and oxygen atoms in total. The van der Waals surface area contributed by atoms with E-state index in [2.05, 4.69) is 9.72 Å². The van der Waals surface area contributed by atoms with E-state index in [9.17, 15) is 4.39 Å². The van der Waals surface area contributed by atoms with Crippen molar-refractivity contribution < 1.29 is 13.2 Å². The van der Waals surface area contributed by atoms with Crippen LogP contribution in [0.3, 0.4) is 0 Å². The zero-order valence-electron chi connectivity index (χ0n) is 10.2. The monoisotopic (exact) mass is 248 g/mol. The van der Waals surface area contributed by atoms with E-state index >= 15 is 0 Å². The zero-order valence-corrected chi connectivity index (χ0v) is 8.73. The van der Waals surface area contributed by atoms with Crippen molar-refractivity contribution in [2.45, 2.75) is 0 Å². The van der Waals surface area contributed by atoms with Gasteiger partial charge in [0.05, 0.1) is 21.7 Å². The Morgan fingerprint density at radius 3 is 2.93 bits per heavy atom. The summed E-state index contributed by atoms with van der Waals surface area (Å²) in [6.45, 7) is 0. The lowest BCUT2D eigenvalue weighted by atomic mass is 10.2. The first-order valence-electron chi connectivity index (χ1n) is 5.40. The first-order valence-corrected chi connectivity index (χ1v) is 4.66. The van der Waals surface area contributed by atoms with Crippen LogP contribution >= 0.6 is 23.2 Å². The van der Waals surface area contributed by atoms with Crippen LogP contribution in [0.2, 0.25) is 10.2 Å². The Bertz CT molecular complexity index is 618. The molecule has 0 spiro atoms. The van der Waals surface area contributed by atoms with E-state index in [4.69, 9.17) is 27.3 Å². The Kier molecular flexibility index (Phi) is 1.85. The van der Waals surface area contributed by atoms with Gasteiger partial charge in [-0.15, -0.1) is 0 Å². The Balaban J connectivity index is 2.61. The standard InChI is InChI=1S/C10H6Cl2FNO/c1-15-9-4-8-5(2-7(9)13)6(11)3-10(12)14-8/h2-4H,1H3/i1D3. The predicted octanol–water partition coefficient (Wildman–Crippen LogP) is 3.69. The number of fused-ring (bicyclic) bond motifs is 1. The molecule has 0 bridgehead atoms. The number of rotatable bonds is 1. The fraction of sp³-hybridized carbons (Fsp3) is 0.100. The van der Waals surface area contributed by atoms with Crippen molar-refractivity contribution in [2.75, 3.05) is 7.04 Å². The molecule has 0 saturated carbocycles. The topological polar surface area (TPSA) is 22.1 Å². The number of nitrogens with zero attached hydrogens (tertiary/aromatic N) is 1. The fourth-order valence-electron chi connectivity index (χ4n) is 1.23. The number of benzene rings is 1. The van der Waals surface area contributed by atoms with Gasteiger partial charge in [-0.3, -0.25) is 0 Å². The summed E-state index contributed by atoms with van der Waals surface area (Å²) in [4.78, 5) is 3.92. The molecule has 0 aliphatic heterocycles. The Labute approximate surface area is 99.8 Å². The molecule has 0 unspecified atom stereocenters. The van der Waals surface area contributed by atoms with E-state index in [0.717, 1.165) is 12.1 Å². The van der Waals surface area contributed by atoms with Crippen molar-refractivity contribution in [1.82, 2.24) is 4.98 Å². The van der Waals surface area contributed by atoms with Crippen molar-refractivity contribution in [2.24, 2.45) is 0 Å². The first kappa shape index (κ1) is 7.25. The quantitative estimate of drug-likeness (QED) is 0.719. The molecule has 0 saturated heterocycles. The van der Waals surface area contributed by atoms with Gasteiger partial charge in [-0.25, -0.2) is 9.37 Å². The van der Waals surface area contributed by atoms with E-state index in [1.807, 2.05) is 0 Å². The molecular weight excluding hydrogens is 240 g/mol. The third-order valence-electron chi connectivity index (χ3n) is 1.89. The highest BCUT2D eigenvalue weighted by Gasteiger charge is 2.09. The number of methoxy groups -OCH3 is 1. The van der Waals surface area contributed by atoms with Crippen LogP contribution in [0.1, 0.15) is 4.11 Å².